The van der Waals surface area contributed by atoms with Gasteiger partial charge in [0.2, 0.25) is 0 Å². The molecule has 3 nitrogen and oxygen atoms in total. The molecule has 0 aliphatic carbocycles. The van der Waals surface area contributed by atoms with E-state index in [1.165, 1.54) is 19.4 Å². The summed E-state index contributed by atoms with van der Waals surface area (Å²) in [5.41, 5.74) is 6.75. The van der Waals surface area contributed by atoms with Crippen molar-refractivity contribution in [1.29, 1.82) is 0 Å². The quantitative estimate of drug-likeness (QED) is 0.886. The summed E-state index contributed by atoms with van der Waals surface area (Å²) in [6.07, 6.45) is 2.62. The van der Waals surface area contributed by atoms with E-state index in [2.05, 4.69) is 18.7 Å². The Labute approximate surface area is 116 Å². The monoisotopic (exact) mass is 262 g/mol. The van der Waals surface area contributed by atoms with Crippen LogP contribution in [0.3, 0.4) is 0 Å². The Morgan fingerprint density at radius 3 is 2.95 bits per heavy atom. The third-order valence-electron chi connectivity index (χ3n) is 4.06. The van der Waals surface area contributed by atoms with Gasteiger partial charge >= 0.3 is 0 Å². The molecule has 1 aliphatic rings. The predicted octanol–water partition coefficient (Wildman–Crippen LogP) is 2.64. The van der Waals surface area contributed by atoms with Crippen LogP contribution in [0.5, 0.6) is 5.75 Å². The van der Waals surface area contributed by atoms with E-state index in [1.807, 2.05) is 24.3 Å². The maximum atomic E-state index is 5.83. The highest BCUT2D eigenvalue weighted by molar-refractivity contribution is 5.28. The highest BCUT2D eigenvalue weighted by Crippen LogP contribution is 2.21. The minimum atomic E-state index is 0.568. The molecule has 2 rings (SSSR count). The van der Waals surface area contributed by atoms with Crippen LogP contribution in [0.15, 0.2) is 24.3 Å². The predicted molar refractivity (Wildman–Crippen MR) is 79.3 cm³/mol. The lowest BCUT2D eigenvalue weighted by atomic mass is 9.93. The zero-order chi connectivity index (χ0) is 13.7. The van der Waals surface area contributed by atoms with E-state index in [4.69, 9.17) is 10.5 Å². The summed E-state index contributed by atoms with van der Waals surface area (Å²) in [4.78, 5) is 2.53. The third kappa shape index (κ3) is 4.22. The second-order valence-corrected chi connectivity index (χ2v) is 5.71. The molecular formula is C16H26N2O. The van der Waals surface area contributed by atoms with Crippen LogP contribution in [-0.4, -0.2) is 30.6 Å². The van der Waals surface area contributed by atoms with E-state index < -0.39 is 0 Å². The van der Waals surface area contributed by atoms with Gasteiger partial charge in [0.15, 0.2) is 0 Å². The molecule has 2 atom stereocenters. The van der Waals surface area contributed by atoms with Crippen LogP contribution in [0.4, 0.5) is 0 Å². The largest absolute Gasteiger partial charge is 0.492 e. The lowest BCUT2D eigenvalue weighted by molar-refractivity contribution is 0.109. The van der Waals surface area contributed by atoms with Gasteiger partial charge < -0.3 is 10.5 Å². The number of piperidine rings is 1. The van der Waals surface area contributed by atoms with Crippen molar-refractivity contribution >= 4 is 0 Å². The summed E-state index contributed by atoms with van der Waals surface area (Å²) in [6.45, 7) is 8.22. The Balaban J connectivity index is 1.76. The molecule has 0 amide bonds. The number of benzene rings is 1. The number of hydrogen-bond acceptors (Lipinski definition) is 3. The molecule has 0 saturated carbocycles. The molecular weight excluding hydrogens is 236 g/mol. The maximum Gasteiger partial charge on any atom is 0.119 e. The van der Waals surface area contributed by atoms with Crippen molar-refractivity contribution < 1.29 is 4.74 Å². The van der Waals surface area contributed by atoms with Crippen molar-refractivity contribution in [3.63, 3.8) is 0 Å². The van der Waals surface area contributed by atoms with E-state index in [0.29, 0.717) is 12.6 Å². The van der Waals surface area contributed by atoms with Gasteiger partial charge in [-0.15, -0.1) is 0 Å². The van der Waals surface area contributed by atoms with E-state index in [1.54, 1.807) is 0 Å². The molecule has 1 fully saturated rings. The second-order valence-electron chi connectivity index (χ2n) is 5.71. The van der Waals surface area contributed by atoms with E-state index >= 15 is 0 Å². The number of ether oxygens (including phenoxy) is 1. The Morgan fingerprint density at radius 2 is 2.21 bits per heavy atom. The molecule has 106 valence electrons. The molecule has 1 heterocycles. The number of likely N-dealkylation sites (tertiary alicyclic amines) is 1. The lowest BCUT2D eigenvalue weighted by Gasteiger charge is -2.36. The fraction of sp³-hybridized carbons (Fsp3) is 0.625. The summed E-state index contributed by atoms with van der Waals surface area (Å²) in [6, 6.07) is 8.74. The third-order valence-corrected chi connectivity index (χ3v) is 4.06. The van der Waals surface area contributed by atoms with Crippen LogP contribution in [0.2, 0.25) is 0 Å². The van der Waals surface area contributed by atoms with E-state index in [9.17, 15) is 0 Å². The zero-order valence-electron chi connectivity index (χ0n) is 12.1. The summed E-state index contributed by atoms with van der Waals surface area (Å²) < 4.78 is 5.83. The highest BCUT2D eigenvalue weighted by Gasteiger charge is 2.22. The van der Waals surface area contributed by atoms with Crippen LogP contribution in [0, 0.1) is 5.92 Å². The van der Waals surface area contributed by atoms with Gasteiger partial charge in [0.25, 0.3) is 0 Å². The molecule has 3 heteroatoms. The van der Waals surface area contributed by atoms with Crippen molar-refractivity contribution in [3.8, 4) is 5.75 Å². The number of rotatable bonds is 5. The second kappa shape index (κ2) is 6.92. The first-order valence-electron chi connectivity index (χ1n) is 7.35. The topological polar surface area (TPSA) is 38.5 Å². The number of hydrogen-bond donors (Lipinski definition) is 1. The molecule has 1 saturated heterocycles. The van der Waals surface area contributed by atoms with Crippen molar-refractivity contribution in [3.05, 3.63) is 29.8 Å². The first-order chi connectivity index (χ1) is 9.19. The van der Waals surface area contributed by atoms with Crippen molar-refractivity contribution in [1.82, 2.24) is 4.90 Å². The molecule has 0 radical (unpaired) electrons. The van der Waals surface area contributed by atoms with Gasteiger partial charge in [-0.1, -0.05) is 19.1 Å². The van der Waals surface area contributed by atoms with Gasteiger partial charge in [-0.3, -0.25) is 4.90 Å². The Hall–Kier alpha value is -1.06. The molecule has 2 unspecified atom stereocenters. The van der Waals surface area contributed by atoms with Gasteiger partial charge in [-0.25, -0.2) is 0 Å². The van der Waals surface area contributed by atoms with Crippen molar-refractivity contribution in [2.24, 2.45) is 11.7 Å². The minimum absolute atomic E-state index is 0.568. The standard InChI is InChI=1S/C16H26N2O/c1-13-6-7-18(14(2)10-13)8-9-19-16-5-3-4-15(11-16)12-17/h3-5,11,13-14H,6-10,12,17H2,1-2H3. The molecule has 0 aromatic heterocycles. The average Bonchev–Trinajstić information content (AvgIpc) is 2.41. The first kappa shape index (κ1) is 14.4. The Bertz CT molecular complexity index is 394. The zero-order valence-corrected chi connectivity index (χ0v) is 12.1. The van der Waals surface area contributed by atoms with Crippen molar-refractivity contribution in [2.45, 2.75) is 39.3 Å². The average molecular weight is 262 g/mol. The summed E-state index contributed by atoms with van der Waals surface area (Å²) in [5, 5.41) is 0. The fourth-order valence-electron chi connectivity index (χ4n) is 2.83. The SMILES string of the molecule is CC1CCN(CCOc2cccc(CN)c2)C(C)C1. The van der Waals surface area contributed by atoms with Crippen LogP contribution in [0.1, 0.15) is 32.3 Å². The first-order valence-corrected chi connectivity index (χ1v) is 7.35. The van der Waals surface area contributed by atoms with E-state index in [-0.39, 0.29) is 0 Å². The van der Waals surface area contributed by atoms with Crippen LogP contribution >= 0.6 is 0 Å². The maximum absolute atomic E-state index is 5.83. The van der Waals surface area contributed by atoms with Gasteiger partial charge in [-0.05, 0) is 49.9 Å². The van der Waals surface area contributed by atoms with Crippen LogP contribution in [0.25, 0.3) is 0 Å². The normalized spacial score (nSPS) is 24.4. The smallest absolute Gasteiger partial charge is 0.119 e. The highest BCUT2D eigenvalue weighted by atomic mass is 16.5. The van der Waals surface area contributed by atoms with Gasteiger partial charge in [0, 0.05) is 19.1 Å². The molecule has 0 spiro atoms. The fourth-order valence-corrected chi connectivity index (χ4v) is 2.83. The summed E-state index contributed by atoms with van der Waals surface area (Å²) >= 11 is 0. The summed E-state index contributed by atoms with van der Waals surface area (Å²) in [7, 11) is 0. The molecule has 1 aromatic carbocycles. The molecule has 19 heavy (non-hydrogen) atoms. The Morgan fingerprint density at radius 1 is 1.37 bits per heavy atom. The summed E-state index contributed by atoms with van der Waals surface area (Å²) in [5.74, 6) is 1.80. The molecule has 1 aromatic rings. The number of nitrogens with zero attached hydrogens (tertiary/aromatic N) is 1. The van der Waals surface area contributed by atoms with E-state index in [0.717, 1.165) is 30.4 Å². The van der Waals surface area contributed by atoms with Crippen molar-refractivity contribution in [2.75, 3.05) is 19.7 Å². The number of nitrogens with two attached hydrogens (primary N) is 1. The van der Waals surface area contributed by atoms with Gasteiger partial charge in [0.05, 0.1) is 0 Å². The lowest BCUT2D eigenvalue weighted by Crippen LogP contribution is -2.42. The molecule has 0 bridgehead atoms. The van der Waals surface area contributed by atoms with Crippen LogP contribution in [-0.2, 0) is 6.54 Å². The molecule has 2 N–H and O–H groups in total. The molecule has 1 aliphatic heterocycles. The Kier molecular flexibility index (Phi) is 5.23. The minimum Gasteiger partial charge on any atom is -0.492 e. The van der Waals surface area contributed by atoms with Gasteiger partial charge in [0.1, 0.15) is 12.4 Å². The van der Waals surface area contributed by atoms with Gasteiger partial charge in [-0.2, -0.15) is 0 Å². The van der Waals surface area contributed by atoms with Crippen LogP contribution < -0.4 is 10.5 Å².